The van der Waals surface area contributed by atoms with Crippen LogP contribution in [0.15, 0.2) is 0 Å². The molecule has 0 aromatic heterocycles. The summed E-state index contributed by atoms with van der Waals surface area (Å²) < 4.78 is 31.8. The molecule has 0 amide bonds. The zero-order valence-corrected chi connectivity index (χ0v) is 10.5. The van der Waals surface area contributed by atoms with Crippen molar-refractivity contribution < 1.29 is 67.6 Å². The summed E-state index contributed by atoms with van der Waals surface area (Å²) in [4.78, 5) is 59.1. The van der Waals surface area contributed by atoms with Gasteiger partial charge in [0.25, 0.3) is 0 Å². The van der Waals surface area contributed by atoms with E-state index in [1.807, 2.05) is 0 Å². The number of alkyl halides is 2. The second-order valence-electron chi connectivity index (χ2n) is 2.66. The molecule has 0 fully saturated rings. The van der Waals surface area contributed by atoms with Crippen molar-refractivity contribution in [3.63, 3.8) is 0 Å². The van der Waals surface area contributed by atoms with E-state index in [-0.39, 0.29) is 18.9 Å². The average Bonchev–Trinajstić information content (AvgIpc) is 2.12. The third-order valence-corrected chi connectivity index (χ3v) is 0.840. The fourth-order valence-electron chi connectivity index (χ4n) is 0.221. The van der Waals surface area contributed by atoms with Gasteiger partial charge in [-0.05, 0) is 0 Å². The van der Waals surface area contributed by atoms with E-state index in [0.29, 0.717) is 0 Å². The first kappa shape index (κ1) is 28.6. The number of phosphoric acid groups is 1. The number of aliphatic carboxylic acids is 4. The summed E-state index contributed by atoms with van der Waals surface area (Å²) in [6.07, 6.45) is -0.806. The van der Waals surface area contributed by atoms with Gasteiger partial charge >= 0.3 is 56.5 Å². The molecule has 0 aliphatic rings. The molecule has 0 unspecified atom stereocenters. The van der Waals surface area contributed by atoms with Crippen LogP contribution in [0.4, 0.5) is 8.78 Å². The second kappa shape index (κ2) is 12.0. The standard InChI is InChI=1S/C3H2F2O4.C3H4O4.Li.H3O4P.H/c4-3(5,1(6)7)2(8)9;4-2(5)1-3(6)7;;1-5(2,3)4;/h(H,6,7)(H,8,9);1H2,(H,4,5)(H,6,7);;(H3,1,2,3,4);. The Balaban J connectivity index is -0.000000113. The molecule has 0 bridgehead atoms. The molecule has 0 atom stereocenters. The van der Waals surface area contributed by atoms with Crippen molar-refractivity contribution in [1.82, 2.24) is 0 Å². The molecular weight excluding hydrogens is 340 g/mol. The van der Waals surface area contributed by atoms with Crippen LogP contribution in [-0.4, -0.2) is 83.8 Å². The van der Waals surface area contributed by atoms with Gasteiger partial charge in [-0.2, -0.15) is 8.78 Å². The second-order valence-corrected chi connectivity index (χ2v) is 3.69. The third-order valence-electron chi connectivity index (χ3n) is 0.840. The summed E-state index contributed by atoms with van der Waals surface area (Å²) in [7, 11) is -4.64. The summed E-state index contributed by atoms with van der Waals surface area (Å²) in [5, 5.41) is 30.4. The zero-order valence-electron chi connectivity index (χ0n) is 9.58. The van der Waals surface area contributed by atoms with Crippen LogP contribution in [0.2, 0.25) is 0 Å². The summed E-state index contributed by atoms with van der Waals surface area (Å²) in [5.74, 6) is -12.6. The van der Waals surface area contributed by atoms with Crippen molar-refractivity contribution in [1.29, 1.82) is 0 Å². The number of carboxylic acids is 4. The molecule has 7 N–H and O–H groups in total. The normalized spacial score (nSPS) is 9.68. The van der Waals surface area contributed by atoms with Gasteiger partial charge < -0.3 is 35.1 Å². The zero-order chi connectivity index (χ0) is 18.0. The number of hydrogen-bond donors (Lipinski definition) is 7. The summed E-state index contributed by atoms with van der Waals surface area (Å²) in [6, 6.07) is 0. The van der Waals surface area contributed by atoms with Crippen molar-refractivity contribution in [3.8, 4) is 0 Å². The van der Waals surface area contributed by atoms with Crippen molar-refractivity contribution in [2.24, 2.45) is 0 Å². The van der Waals surface area contributed by atoms with Crippen molar-refractivity contribution in [3.05, 3.63) is 0 Å². The van der Waals surface area contributed by atoms with E-state index in [1.165, 1.54) is 0 Å². The van der Waals surface area contributed by atoms with Gasteiger partial charge in [0.05, 0.1) is 0 Å². The molecule has 16 heteroatoms. The van der Waals surface area contributed by atoms with E-state index in [0.717, 1.165) is 0 Å². The van der Waals surface area contributed by atoms with Crippen LogP contribution in [-0.2, 0) is 23.7 Å². The Hall–Kier alpha value is -1.55. The minimum atomic E-state index is -4.67. The van der Waals surface area contributed by atoms with E-state index >= 15 is 0 Å². The van der Waals surface area contributed by atoms with Gasteiger partial charge in [-0.3, -0.25) is 9.59 Å². The number of halogens is 2. The molecule has 22 heavy (non-hydrogen) atoms. The van der Waals surface area contributed by atoms with Gasteiger partial charge in [0.15, 0.2) is 0 Å². The van der Waals surface area contributed by atoms with Crippen molar-refractivity contribution in [2.75, 3.05) is 0 Å². The van der Waals surface area contributed by atoms with Gasteiger partial charge in [0.1, 0.15) is 6.42 Å². The van der Waals surface area contributed by atoms with E-state index in [1.54, 1.807) is 0 Å². The first-order valence-corrected chi connectivity index (χ1v) is 5.64. The molecule has 0 saturated carbocycles. The average molecular weight is 350 g/mol. The quantitative estimate of drug-likeness (QED) is 0.162. The van der Waals surface area contributed by atoms with Crippen LogP contribution in [0.25, 0.3) is 0 Å². The predicted molar refractivity (Wildman–Crippen MR) is 61.5 cm³/mol. The fraction of sp³-hybridized carbons (Fsp3) is 0.333. The summed E-state index contributed by atoms with van der Waals surface area (Å²) in [5.41, 5.74) is 0. The van der Waals surface area contributed by atoms with Crippen LogP contribution < -0.4 is 0 Å². The van der Waals surface area contributed by atoms with Crippen LogP contribution >= 0.6 is 7.82 Å². The van der Waals surface area contributed by atoms with Gasteiger partial charge in [-0.25, -0.2) is 14.2 Å². The monoisotopic (exact) mass is 350 g/mol. The fourth-order valence-corrected chi connectivity index (χ4v) is 0.221. The molecule has 0 heterocycles. The number of rotatable bonds is 4. The first-order valence-electron chi connectivity index (χ1n) is 4.08. The van der Waals surface area contributed by atoms with Gasteiger partial charge in [0.2, 0.25) is 0 Å². The molecular formula is C6H10F2LiO12P. The SMILES string of the molecule is O=C(O)C(F)(F)C(=O)O.O=C(O)CC(=O)O.O=P(O)(O)O.[LiH]. The Morgan fingerprint density at radius 1 is 0.818 bits per heavy atom. The minimum absolute atomic E-state index is 0. The van der Waals surface area contributed by atoms with Crippen LogP contribution in [0.3, 0.4) is 0 Å². The molecule has 0 radical (unpaired) electrons. The summed E-state index contributed by atoms with van der Waals surface area (Å²) >= 11 is 0. The number of carboxylic acid groups (broad SMARTS) is 4. The molecule has 0 aliphatic carbocycles. The Labute approximate surface area is 131 Å². The Kier molecular flexibility index (Phi) is 15.6. The molecule has 0 spiro atoms. The third kappa shape index (κ3) is 26.9. The number of hydrogen-bond acceptors (Lipinski definition) is 5. The topological polar surface area (TPSA) is 227 Å². The van der Waals surface area contributed by atoms with Gasteiger partial charge in [-0.15, -0.1) is 0 Å². The van der Waals surface area contributed by atoms with E-state index in [9.17, 15) is 28.0 Å². The van der Waals surface area contributed by atoms with E-state index in [4.69, 9.17) is 39.7 Å². The first-order chi connectivity index (χ1) is 9.01. The molecule has 0 rings (SSSR count). The van der Waals surface area contributed by atoms with Gasteiger partial charge in [-0.1, -0.05) is 0 Å². The molecule has 0 saturated heterocycles. The van der Waals surface area contributed by atoms with Crippen molar-refractivity contribution in [2.45, 2.75) is 12.3 Å². The predicted octanol–water partition coefficient (Wildman–Crippen LogP) is -2.24. The van der Waals surface area contributed by atoms with Crippen LogP contribution in [0.5, 0.6) is 0 Å². The molecule has 0 aromatic carbocycles. The molecule has 126 valence electrons. The molecule has 0 aromatic rings. The number of carbonyl (C=O) groups is 4. The molecule has 0 aliphatic heterocycles. The van der Waals surface area contributed by atoms with E-state index in [2.05, 4.69) is 0 Å². The van der Waals surface area contributed by atoms with Crippen LogP contribution in [0, 0.1) is 0 Å². The Bertz CT molecular complexity index is 409. The van der Waals surface area contributed by atoms with Crippen molar-refractivity contribution >= 4 is 50.6 Å². The maximum atomic E-state index is 11.5. The Morgan fingerprint density at radius 2 is 1.00 bits per heavy atom. The van der Waals surface area contributed by atoms with E-state index < -0.39 is 44.0 Å². The molecule has 12 nitrogen and oxygen atoms in total. The summed E-state index contributed by atoms with van der Waals surface area (Å²) in [6.45, 7) is 0. The maximum absolute atomic E-state index is 11.5. The Morgan fingerprint density at radius 3 is 1.00 bits per heavy atom. The van der Waals surface area contributed by atoms with Crippen LogP contribution in [0.1, 0.15) is 6.42 Å². The van der Waals surface area contributed by atoms with Gasteiger partial charge in [0, 0.05) is 0 Å².